The average molecular weight is 374 g/mol. The van der Waals surface area contributed by atoms with Crippen LogP contribution in [0.2, 0.25) is 0 Å². The van der Waals surface area contributed by atoms with Gasteiger partial charge in [-0.1, -0.05) is 12.2 Å². The highest BCUT2D eigenvalue weighted by atomic mass is 16.3. The minimum Gasteiger partial charge on any atom is -0.508 e. The molecule has 0 unspecified atom stereocenters. The van der Waals surface area contributed by atoms with Gasteiger partial charge in [-0.25, -0.2) is 0 Å². The van der Waals surface area contributed by atoms with E-state index in [2.05, 4.69) is 17.5 Å². The van der Waals surface area contributed by atoms with Gasteiger partial charge in [-0.2, -0.15) is 0 Å². The number of fused-ring (bicyclic) bond motifs is 5. The first-order chi connectivity index (χ1) is 13.5. The molecule has 4 atom stereocenters. The molecule has 1 heterocycles. The van der Waals surface area contributed by atoms with Crippen LogP contribution >= 0.6 is 0 Å². The molecule has 2 aromatic rings. The lowest BCUT2D eigenvalue weighted by Crippen LogP contribution is -2.32. The van der Waals surface area contributed by atoms with Crippen LogP contribution in [0.1, 0.15) is 16.8 Å². The predicted molar refractivity (Wildman–Crippen MR) is 103 cm³/mol. The van der Waals surface area contributed by atoms with Gasteiger partial charge in [-0.15, -0.1) is 0 Å². The van der Waals surface area contributed by atoms with Gasteiger partial charge in [0.25, 0.3) is 5.91 Å². The van der Waals surface area contributed by atoms with E-state index in [4.69, 9.17) is 0 Å². The number of carbonyl (C=O) groups is 3. The van der Waals surface area contributed by atoms with Gasteiger partial charge in [-0.05, 0) is 66.8 Å². The lowest BCUT2D eigenvalue weighted by atomic mass is 9.85. The number of rotatable bonds is 3. The third-order valence-electron chi connectivity index (χ3n) is 5.98. The summed E-state index contributed by atoms with van der Waals surface area (Å²) < 4.78 is 0. The van der Waals surface area contributed by atoms with Gasteiger partial charge in [0.1, 0.15) is 5.75 Å². The minimum absolute atomic E-state index is 0.121. The summed E-state index contributed by atoms with van der Waals surface area (Å²) in [6.07, 6.45) is 5.03. The molecule has 0 spiro atoms. The van der Waals surface area contributed by atoms with Crippen LogP contribution in [0.5, 0.6) is 5.75 Å². The molecule has 1 saturated carbocycles. The van der Waals surface area contributed by atoms with E-state index in [0.717, 1.165) is 6.42 Å². The molecule has 1 saturated heterocycles. The molecule has 3 aliphatic rings. The van der Waals surface area contributed by atoms with Crippen molar-refractivity contribution in [2.75, 3.05) is 10.2 Å². The molecular weight excluding hydrogens is 356 g/mol. The number of imide groups is 1. The van der Waals surface area contributed by atoms with Gasteiger partial charge in [-0.3, -0.25) is 19.3 Å². The lowest BCUT2D eigenvalue weighted by Gasteiger charge is -2.17. The van der Waals surface area contributed by atoms with E-state index < -0.39 is 0 Å². The van der Waals surface area contributed by atoms with Gasteiger partial charge in [0, 0.05) is 11.3 Å². The number of amides is 3. The Morgan fingerprint density at radius 3 is 2.04 bits per heavy atom. The van der Waals surface area contributed by atoms with Crippen molar-refractivity contribution in [1.82, 2.24) is 0 Å². The number of phenols is 1. The highest BCUT2D eigenvalue weighted by molar-refractivity contribution is 6.23. The second-order valence-electron chi connectivity index (χ2n) is 7.56. The molecule has 2 N–H and O–H groups in total. The Morgan fingerprint density at radius 1 is 0.893 bits per heavy atom. The van der Waals surface area contributed by atoms with Crippen LogP contribution in [0.3, 0.4) is 0 Å². The maximum Gasteiger partial charge on any atom is 0.255 e. The summed E-state index contributed by atoms with van der Waals surface area (Å²) in [7, 11) is 0. The van der Waals surface area contributed by atoms with Gasteiger partial charge >= 0.3 is 0 Å². The normalized spacial score (nSPS) is 27.4. The van der Waals surface area contributed by atoms with Crippen molar-refractivity contribution in [3.63, 3.8) is 0 Å². The first-order valence-corrected chi connectivity index (χ1v) is 9.29. The van der Waals surface area contributed by atoms with E-state index in [9.17, 15) is 19.5 Å². The van der Waals surface area contributed by atoms with Crippen molar-refractivity contribution in [3.8, 4) is 5.75 Å². The monoisotopic (exact) mass is 374 g/mol. The number of hydrogen-bond donors (Lipinski definition) is 2. The zero-order valence-corrected chi connectivity index (χ0v) is 14.9. The number of carbonyl (C=O) groups excluding carboxylic acids is 3. The highest BCUT2D eigenvalue weighted by Crippen LogP contribution is 2.53. The SMILES string of the molecule is O=C(Nc1ccc(O)cc1)c1ccc(N2C(=O)[C@@H]3[C@@H](C2=O)[C@H]2C=C[C@@H]3C2)cc1. The number of hydrogen-bond acceptors (Lipinski definition) is 4. The minimum atomic E-state index is -0.310. The van der Waals surface area contributed by atoms with Crippen molar-refractivity contribution in [3.05, 3.63) is 66.2 Å². The molecule has 2 fully saturated rings. The highest BCUT2D eigenvalue weighted by Gasteiger charge is 2.59. The summed E-state index contributed by atoms with van der Waals surface area (Å²) in [5.41, 5.74) is 1.48. The molecule has 1 aliphatic heterocycles. The number of anilines is 2. The molecule has 6 heteroatoms. The number of allylic oxidation sites excluding steroid dienone is 2. The summed E-state index contributed by atoms with van der Waals surface area (Å²) in [5.74, 6) is -0.578. The van der Waals surface area contributed by atoms with E-state index in [0.29, 0.717) is 16.9 Å². The average Bonchev–Trinajstić information content (AvgIpc) is 3.38. The zero-order chi connectivity index (χ0) is 19.4. The van der Waals surface area contributed by atoms with E-state index in [-0.39, 0.29) is 47.1 Å². The molecule has 0 aromatic heterocycles. The van der Waals surface area contributed by atoms with Crippen molar-refractivity contribution in [2.45, 2.75) is 6.42 Å². The van der Waals surface area contributed by atoms with Crippen LogP contribution in [-0.2, 0) is 9.59 Å². The van der Waals surface area contributed by atoms with Gasteiger partial charge in [0.15, 0.2) is 0 Å². The Labute approximate surface area is 161 Å². The first-order valence-electron chi connectivity index (χ1n) is 9.29. The first kappa shape index (κ1) is 16.7. The van der Waals surface area contributed by atoms with Crippen LogP contribution < -0.4 is 10.2 Å². The molecule has 0 radical (unpaired) electrons. The molecule has 2 aliphatic carbocycles. The Bertz CT molecular complexity index is 980. The largest absolute Gasteiger partial charge is 0.508 e. The Hall–Kier alpha value is -3.41. The van der Waals surface area contributed by atoms with Crippen molar-refractivity contribution >= 4 is 29.1 Å². The maximum atomic E-state index is 12.8. The fourth-order valence-corrected chi connectivity index (χ4v) is 4.67. The molecule has 6 nitrogen and oxygen atoms in total. The van der Waals surface area contributed by atoms with E-state index in [1.54, 1.807) is 36.4 Å². The van der Waals surface area contributed by atoms with Crippen LogP contribution in [0.25, 0.3) is 0 Å². The smallest absolute Gasteiger partial charge is 0.255 e. The van der Waals surface area contributed by atoms with Gasteiger partial charge in [0.2, 0.25) is 11.8 Å². The number of aromatic hydroxyl groups is 1. The molecule has 2 aromatic carbocycles. The second kappa shape index (κ2) is 6.05. The molecule has 5 rings (SSSR count). The van der Waals surface area contributed by atoms with Gasteiger partial charge in [0.05, 0.1) is 17.5 Å². The van der Waals surface area contributed by atoms with Gasteiger partial charge < -0.3 is 10.4 Å². The third kappa shape index (κ3) is 2.45. The van der Waals surface area contributed by atoms with Crippen molar-refractivity contribution < 1.29 is 19.5 Å². The number of phenolic OH excluding ortho intramolecular Hbond substituents is 1. The standard InChI is InChI=1S/C22H18N2O4/c25-17-9-5-15(6-10-17)23-20(26)12-3-7-16(8-4-12)24-21(27)18-13-1-2-14(11-13)19(18)22(24)28/h1-10,13-14,18-19,25H,11H2,(H,23,26)/t13-,14+,18-,19-/m0/s1. The van der Waals surface area contributed by atoms with Crippen LogP contribution in [0, 0.1) is 23.7 Å². The van der Waals surface area contributed by atoms with Crippen LogP contribution in [0.15, 0.2) is 60.7 Å². The zero-order valence-electron chi connectivity index (χ0n) is 14.9. The third-order valence-corrected chi connectivity index (χ3v) is 5.98. The molecule has 140 valence electrons. The molecular formula is C22H18N2O4. The van der Waals surface area contributed by atoms with Crippen molar-refractivity contribution in [2.24, 2.45) is 23.7 Å². The Morgan fingerprint density at radius 2 is 1.46 bits per heavy atom. The van der Waals surface area contributed by atoms with Crippen LogP contribution in [-0.4, -0.2) is 22.8 Å². The molecule has 2 bridgehead atoms. The Kier molecular flexibility index (Phi) is 3.62. The summed E-state index contributed by atoms with van der Waals surface area (Å²) in [5, 5.41) is 12.0. The number of benzene rings is 2. The fraction of sp³-hybridized carbons (Fsp3) is 0.227. The number of nitrogens with zero attached hydrogens (tertiary/aromatic N) is 1. The maximum absolute atomic E-state index is 12.8. The summed E-state index contributed by atoms with van der Waals surface area (Å²) in [6, 6.07) is 12.7. The second-order valence-corrected chi connectivity index (χ2v) is 7.56. The van der Waals surface area contributed by atoms with E-state index >= 15 is 0 Å². The van der Waals surface area contributed by atoms with Crippen molar-refractivity contribution in [1.29, 1.82) is 0 Å². The fourth-order valence-electron chi connectivity index (χ4n) is 4.67. The Balaban J connectivity index is 1.34. The number of nitrogens with one attached hydrogen (secondary N) is 1. The summed E-state index contributed by atoms with van der Waals surface area (Å²) in [4.78, 5) is 39.4. The lowest BCUT2D eigenvalue weighted by molar-refractivity contribution is -0.123. The molecule has 28 heavy (non-hydrogen) atoms. The summed E-state index contributed by atoms with van der Waals surface area (Å²) >= 11 is 0. The quantitative estimate of drug-likeness (QED) is 0.491. The molecule has 3 amide bonds. The predicted octanol–water partition coefficient (Wildman–Crippen LogP) is 2.96. The summed E-state index contributed by atoms with van der Waals surface area (Å²) in [6.45, 7) is 0. The topological polar surface area (TPSA) is 86.7 Å². The van der Waals surface area contributed by atoms with Crippen LogP contribution in [0.4, 0.5) is 11.4 Å². The van der Waals surface area contributed by atoms with E-state index in [1.807, 2.05) is 0 Å². The van der Waals surface area contributed by atoms with E-state index in [1.165, 1.54) is 17.0 Å².